The lowest BCUT2D eigenvalue weighted by atomic mass is 10.4. The van der Waals surface area contributed by atoms with Crippen LogP contribution in [0.1, 0.15) is 13.8 Å². The summed E-state index contributed by atoms with van der Waals surface area (Å²) < 4.78 is 0. The zero-order valence-corrected chi connectivity index (χ0v) is 7.09. The van der Waals surface area contributed by atoms with E-state index in [0.29, 0.717) is 0 Å². The van der Waals surface area contributed by atoms with Gasteiger partial charge in [0.15, 0.2) is 0 Å². The number of aliphatic carboxylic acids is 2. The molecular weight excluding hydrogens is 160 g/mol. The molecule has 0 aromatic rings. The van der Waals surface area contributed by atoms with Crippen molar-refractivity contribution in [1.82, 2.24) is 0 Å². The molecule has 0 saturated carbocycles. The van der Waals surface area contributed by atoms with Crippen LogP contribution < -0.4 is 5.11 Å². The average Bonchev–Trinajstić information content (AvgIpc) is 1.88. The largest absolute Gasteiger partial charge is 0.545 e. The molecule has 0 aliphatic rings. The van der Waals surface area contributed by atoms with Crippen molar-refractivity contribution in [2.75, 3.05) is 0 Å². The standard InChI is InChI=1S/2C4H6O2/c2*1-3(2)4(5)6/h2*1H2,2H3,(H,5,6)/p-1. The van der Waals surface area contributed by atoms with Crippen molar-refractivity contribution in [2.45, 2.75) is 13.8 Å². The van der Waals surface area contributed by atoms with Crippen LogP contribution in [0.15, 0.2) is 24.3 Å². The third-order valence-corrected chi connectivity index (χ3v) is 0.714. The van der Waals surface area contributed by atoms with Crippen LogP contribution in [-0.4, -0.2) is 17.0 Å². The van der Waals surface area contributed by atoms with Crippen molar-refractivity contribution in [3.8, 4) is 0 Å². The second-order valence-corrected chi connectivity index (χ2v) is 2.15. The van der Waals surface area contributed by atoms with E-state index in [1.165, 1.54) is 13.8 Å². The molecule has 0 fully saturated rings. The van der Waals surface area contributed by atoms with Gasteiger partial charge in [-0.3, -0.25) is 0 Å². The van der Waals surface area contributed by atoms with Crippen molar-refractivity contribution < 1.29 is 19.8 Å². The molecule has 1 N–H and O–H groups in total. The SMILES string of the molecule is C=C(C)C(=O)O.C=C(C)C(=O)[O-]. The lowest BCUT2D eigenvalue weighted by Crippen LogP contribution is -2.22. The molecule has 0 heterocycles. The molecule has 4 nitrogen and oxygen atoms in total. The summed E-state index contributed by atoms with van der Waals surface area (Å²) in [7, 11) is 0. The van der Waals surface area contributed by atoms with E-state index in [-0.39, 0.29) is 11.1 Å². The van der Waals surface area contributed by atoms with Crippen molar-refractivity contribution in [1.29, 1.82) is 0 Å². The molecule has 0 aliphatic heterocycles. The number of hydrogen-bond donors (Lipinski definition) is 1. The van der Waals surface area contributed by atoms with Crippen LogP contribution in [0.2, 0.25) is 0 Å². The first-order chi connectivity index (χ1) is 5.29. The first-order valence-electron chi connectivity index (χ1n) is 3.04. The molecule has 0 aromatic heterocycles. The highest BCUT2D eigenvalue weighted by molar-refractivity contribution is 5.84. The highest BCUT2D eigenvalue weighted by Gasteiger charge is 1.90. The van der Waals surface area contributed by atoms with Crippen molar-refractivity contribution in [3.63, 3.8) is 0 Å². The van der Waals surface area contributed by atoms with Gasteiger partial charge < -0.3 is 15.0 Å². The molecule has 0 saturated heterocycles. The summed E-state index contributed by atoms with van der Waals surface area (Å²) in [4.78, 5) is 19.1. The van der Waals surface area contributed by atoms with Crippen LogP contribution in [-0.2, 0) is 9.59 Å². The monoisotopic (exact) mass is 171 g/mol. The van der Waals surface area contributed by atoms with Gasteiger partial charge in [-0.15, -0.1) is 0 Å². The zero-order chi connectivity index (χ0) is 10.3. The summed E-state index contributed by atoms with van der Waals surface area (Å²) in [6, 6.07) is 0. The second kappa shape index (κ2) is 6.15. The first-order valence-corrected chi connectivity index (χ1v) is 3.04. The van der Waals surface area contributed by atoms with Gasteiger partial charge in [-0.25, -0.2) is 4.79 Å². The maximum atomic E-state index is 9.60. The van der Waals surface area contributed by atoms with Gasteiger partial charge in [0.1, 0.15) is 0 Å². The molecule has 0 spiro atoms. The maximum absolute atomic E-state index is 9.60. The fraction of sp³-hybridized carbons (Fsp3) is 0.250. The van der Waals surface area contributed by atoms with E-state index < -0.39 is 11.9 Å². The van der Waals surface area contributed by atoms with Crippen molar-refractivity contribution in [3.05, 3.63) is 24.3 Å². The molecule has 68 valence electrons. The van der Waals surface area contributed by atoms with E-state index >= 15 is 0 Å². The predicted octanol–water partition coefficient (Wildman–Crippen LogP) is -0.0405. The van der Waals surface area contributed by atoms with Crippen LogP contribution in [0, 0.1) is 0 Å². The van der Waals surface area contributed by atoms with Gasteiger partial charge in [-0.05, 0) is 19.4 Å². The molecule has 0 radical (unpaired) electrons. The van der Waals surface area contributed by atoms with Crippen LogP contribution >= 0.6 is 0 Å². The van der Waals surface area contributed by atoms with Gasteiger partial charge in [0.05, 0.1) is 5.97 Å². The predicted molar refractivity (Wildman–Crippen MR) is 42.3 cm³/mol. The Hall–Kier alpha value is -1.58. The lowest BCUT2D eigenvalue weighted by Gasteiger charge is -1.93. The summed E-state index contributed by atoms with van der Waals surface area (Å²) in [5.74, 6) is -2.12. The van der Waals surface area contributed by atoms with Gasteiger partial charge >= 0.3 is 5.97 Å². The number of carbonyl (C=O) groups is 2. The smallest absolute Gasteiger partial charge is 0.330 e. The summed E-state index contributed by atoms with van der Waals surface area (Å²) in [5, 5.41) is 17.4. The molecule has 4 heteroatoms. The number of carbonyl (C=O) groups excluding carboxylic acids is 1. The topological polar surface area (TPSA) is 77.4 Å². The fourth-order valence-electron chi connectivity index (χ4n) is 0. The van der Waals surface area contributed by atoms with Crippen LogP contribution in [0.5, 0.6) is 0 Å². The Bertz CT molecular complexity index is 167. The second-order valence-electron chi connectivity index (χ2n) is 2.15. The van der Waals surface area contributed by atoms with Crippen molar-refractivity contribution >= 4 is 11.9 Å². The van der Waals surface area contributed by atoms with Gasteiger partial charge in [-0.2, -0.15) is 0 Å². The van der Waals surface area contributed by atoms with Crippen molar-refractivity contribution in [2.24, 2.45) is 0 Å². The third-order valence-electron chi connectivity index (χ3n) is 0.714. The highest BCUT2D eigenvalue weighted by atomic mass is 16.4. The van der Waals surface area contributed by atoms with Gasteiger partial charge in [-0.1, -0.05) is 13.2 Å². The average molecular weight is 171 g/mol. The maximum Gasteiger partial charge on any atom is 0.330 e. The van der Waals surface area contributed by atoms with E-state index in [1.54, 1.807) is 0 Å². The molecule has 12 heavy (non-hydrogen) atoms. The minimum Gasteiger partial charge on any atom is -0.545 e. The number of rotatable bonds is 2. The zero-order valence-electron chi connectivity index (χ0n) is 7.09. The Kier molecular flexibility index (Phi) is 6.69. The van der Waals surface area contributed by atoms with E-state index in [4.69, 9.17) is 5.11 Å². The molecule has 0 bridgehead atoms. The van der Waals surface area contributed by atoms with Crippen LogP contribution in [0.4, 0.5) is 0 Å². The molecule has 0 rings (SSSR count). The van der Waals surface area contributed by atoms with Crippen LogP contribution in [0.25, 0.3) is 0 Å². The molecule has 0 amide bonds. The van der Waals surface area contributed by atoms with E-state index in [9.17, 15) is 14.7 Å². The molecular formula is C8H11O4-. The molecule has 0 unspecified atom stereocenters. The minimum atomic E-state index is -1.19. The van der Waals surface area contributed by atoms with Gasteiger partial charge in [0.25, 0.3) is 0 Å². The Balaban J connectivity index is 0. The molecule has 0 aromatic carbocycles. The Labute approximate surface area is 70.8 Å². The Morgan fingerprint density at radius 2 is 1.33 bits per heavy atom. The van der Waals surface area contributed by atoms with Crippen LogP contribution in [0.3, 0.4) is 0 Å². The number of carboxylic acid groups (broad SMARTS) is 2. The summed E-state index contributed by atoms with van der Waals surface area (Å²) in [6.45, 7) is 9.08. The Morgan fingerprint density at radius 3 is 1.33 bits per heavy atom. The van der Waals surface area contributed by atoms with Gasteiger partial charge in [0, 0.05) is 5.57 Å². The summed E-state index contributed by atoms with van der Waals surface area (Å²) >= 11 is 0. The summed E-state index contributed by atoms with van der Waals surface area (Å²) in [6.07, 6.45) is 0. The third kappa shape index (κ3) is 11.2. The van der Waals surface area contributed by atoms with E-state index in [2.05, 4.69) is 13.2 Å². The fourth-order valence-corrected chi connectivity index (χ4v) is 0. The normalized spacial score (nSPS) is 7.50. The molecule has 0 atom stereocenters. The quantitative estimate of drug-likeness (QED) is 0.591. The number of carboxylic acids is 2. The minimum absolute atomic E-state index is 0.0648. The number of hydrogen-bond acceptors (Lipinski definition) is 3. The molecule has 0 aliphatic carbocycles. The first kappa shape index (κ1) is 13.0. The Morgan fingerprint density at radius 1 is 1.17 bits per heavy atom. The van der Waals surface area contributed by atoms with E-state index in [0.717, 1.165) is 0 Å². The summed E-state index contributed by atoms with van der Waals surface area (Å²) in [5.41, 5.74) is 0.241. The lowest BCUT2D eigenvalue weighted by molar-refractivity contribution is -0.299. The van der Waals surface area contributed by atoms with Gasteiger partial charge in [0.2, 0.25) is 0 Å². The highest BCUT2D eigenvalue weighted by Crippen LogP contribution is 1.81. The van der Waals surface area contributed by atoms with E-state index in [1.807, 2.05) is 0 Å².